The zero-order valence-electron chi connectivity index (χ0n) is 7.54. The van der Waals surface area contributed by atoms with Gasteiger partial charge in [-0.3, -0.25) is 0 Å². The van der Waals surface area contributed by atoms with Gasteiger partial charge in [0.15, 0.2) is 11.6 Å². The minimum atomic E-state index is -2.00. The summed E-state index contributed by atoms with van der Waals surface area (Å²) in [6.07, 6.45) is 2.96. The Balaban J connectivity index is 3.26. The van der Waals surface area contributed by atoms with Gasteiger partial charge in [-0.05, 0) is 6.92 Å². The molecule has 74 valence electrons. The first-order valence-electron chi connectivity index (χ1n) is 4.04. The van der Waals surface area contributed by atoms with Crippen molar-refractivity contribution in [2.45, 2.75) is 6.92 Å². The molecule has 2 nitrogen and oxygen atoms in total. The minimum absolute atomic E-state index is 0.0781. The number of allylic oxidation sites excluding steroid dienone is 1. The second-order valence-electron chi connectivity index (χ2n) is 2.75. The second kappa shape index (κ2) is 4.35. The van der Waals surface area contributed by atoms with E-state index in [1.165, 1.54) is 12.1 Å². The smallest absolute Gasteiger partial charge is 0.423 e. The van der Waals surface area contributed by atoms with Gasteiger partial charge in [-0.25, -0.2) is 8.78 Å². The molecule has 0 radical (unpaired) electrons. The van der Waals surface area contributed by atoms with E-state index in [1.54, 1.807) is 13.0 Å². The minimum Gasteiger partial charge on any atom is -0.423 e. The molecule has 1 aromatic rings. The molecule has 0 aliphatic heterocycles. The molecule has 0 spiro atoms. The summed E-state index contributed by atoms with van der Waals surface area (Å²) in [6, 6.07) is 2.42. The van der Waals surface area contributed by atoms with E-state index in [4.69, 9.17) is 10.0 Å². The lowest BCUT2D eigenvalue weighted by Crippen LogP contribution is -2.33. The van der Waals surface area contributed by atoms with Crippen LogP contribution >= 0.6 is 0 Å². The average Bonchev–Trinajstić information content (AvgIpc) is 2.13. The van der Waals surface area contributed by atoms with Gasteiger partial charge in [0.05, 0.1) is 0 Å². The van der Waals surface area contributed by atoms with Crippen LogP contribution in [0.1, 0.15) is 12.5 Å². The van der Waals surface area contributed by atoms with Crippen LogP contribution in [0, 0.1) is 11.6 Å². The molecule has 0 bridgehead atoms. The van der Waals surface area contributed by atoms with Gasteiger partial charge in [-0.15, -0.1) is 0 Å². The predicted molar refractivity (Wildman–Crippen MR) is 50.9 cm³/mol. The number of benzene rings is 1. The van der Waals surface area contributed by atoms with Crippen LogP contribution in [0.15, 0.2) is 18.2 Å². The topological polar surface area (TPSA) is 40.5 Å². The summed E-state index contributed by atoms with van der Waals surface area (Å²) in [4.78, 5) is 0. The standard InChI is InChI=1S/C9H9BF2O2/c1-2-3-6-4-5-7(10(13)14)9(12)8(6)11/h2-5,13-14H,1H3. The quantitative estimate of drug-likeness (QED) is 0.686. The maximum Gasteiger partial charge on any atom is 0.491 e. The lowest BCUT2D eigenvalue weighted by molar-refractivity contribution is 0.420. The molecule has 14 heavy (non-hydrogen) atoms. The monoisotopic (exact) mass is 198 g/mol. The molecular formula is C9H9BF2O2. The third kappa shape index (κ3) is 2.00. The Kier molecular flexibility index (Phi) is 3.38. The molecule has 0 unspecified atom stereocenters. The fourth-order valence-electron chi connectivity index (χ4n) is 1.09. The molecule has 1 aromatic carbocycles. The van der Waals surface area contributed by atoms with Gasteiger partial charge in [-0.1, -0.05) is 24.3 Å². The molecule has 0 saturated heterocycles. The van der Waals surface area contributed by atoms with Gasteiger partial charge in [0.2, 0.25) is 0 Å². The van der Waals surface area contributed by atoms with Crippen LogP contribution in [0.4, 0.5) is 8.78 Å². The fraction of sp³-hybridized carbons (Fsp3) is 0.111. The van der Waals surface area contributed by atoms with Crippen LogP contribution < -0.4 is 5.46 Å². The van der Waals surface area contributed by atoms with Gasteiger partial charge >= 0.3 is 7.12 Å². The summed E-state index contributed by atoms with van der Waals surface area (Å²) in [5.41, 5.74) is -0.384. The molecule has 0 aromatic heterocycles. The van der Waals surface area contributed by atoms with Crippen molar-refractivity contribution in [3.63, 3.8) is 0 Å². The molecule has 0 fully saturated rings. The van der Waals surface area contributed by atoms with E-state index in [0.717, 1.165) is 6.07 Å². The highest BCUT2D eigenvalue weighted by molar-refractivity contribution is 6.58. The van der Waals surface area contributed by atoms with Crippen LogP contribution in [0.3, 0.4) is 0 Å². The van der Waals surface area contributed by atoms with E-state index in [9.17, 15) is 8.78 Å². The molecular weight excluding hydrogens is 189 g/mol. The Morgan fingerprint density at radius 2 is 1.86 bits per heavy atom. The molecule has 0 atom stereocenters. The maximum absolute atomic E-state index is 13.2. The van der Waals surface area contributed by atoms with Crippen molar-refractivity contribution in [3.05, 3.63) is 35.4 Å². The third-order valence-electron chi connectivity index (χ3n) is 1.77. The molecule has 2 N–H and O–H groups in total. The van der Waals surface area contributed by atoms with Crippen molar-refractivity contribution < 1.29 is 18.8 Å². The van der Waals surface area contributed by atoms with Crippen molar-refractivity contribution in [3.8, 4) is 0 Å². The Bertz CT molecular complexity index is 364. The molecule has 0 heterocycles. The van der Waals surface area contributed by atoms with E-state index >= 15 is 0 Å². The van der Waals surface area contributed by atoms with E-state index < -0.39 is 24.2 Å². The summed E-state index contributed by atoms with van der Waals surface area (Å²) >= 11 is 0. The van der Waals surface area contributed by atoms with Crippen molar-refractivity contribution in [1.82, 2.24) is 0 Å². The Morgan fingerprint density at radius 3 is 2.36 bits per heavy atom. The van der Waals surface area contributed by atoms with E-state index in [0.29, 0.717) is 0 Å². The van der Waals surface area contributed by atoms with Crippen LogP contribution in [0.2, 0.25) is 0 Å². The van der Waals surface area contributed by atoms with Gasteiger partial charge in [0.1, 0.15) is 0 Å². The summed E-state index contributed by atoms with van der Waals surface area (Å²) in [6.45, 7) is 1.67. The van der Waals surface area contributed by atoms with Gasteiger partial charge in [-0.2, -0.15) is 0 Å². The Morgan fingerprint density at radius 1 is 1.21 bits per heavy atom. The van der Waals surface area contributed by atoms with Gasteiger partial charge in [0.25, 0.3) is 0 Å². The molecule has 0 aliphatic carbocycles. The Hall–Kier alpha value is -1.20. The first-order chi connectivity index (χ1) is 6.57. The maximum atomic E-state index is 13.2. The zero-order chi connectivity index (χ0) is 10.7. The molecule has 5 heteroatoms. The van der Waals surface area contributed by atoms with E-state index in [1.807, 2.05) is 0 Å². The van der Waals surface area contributed by atoms with Gasteiger partial charge < -0.3 is 10.0 Å². The predicted octanol–water partition coefficient (Wildman–Crippen LogP) is 0.678. The Labute approximate surface area is 80.6 Å². The summed E-state index contributed by atoms with van der Waals surface area (Å²) in [5, 5.41) is 17.4. The summed E-state index contributed by atoms with van der Waals surface area (Å²) < 4.78 is 26.3. The number of halogens is 2. The highest BCUT2D eigenvalue weighted by Crippen LogP contribution is 2.11. The number of hydrogen-bond donors (Lipinski definition) is 2. The normalized spacial score (nSPS) is 10.9. The van der Waals surface area contributed by atoms with Crippen molar-refractivity contribution in [2.75, 3.05) is 0 Å². The molecule has 0 amide bonds. The first kappa shape index (κ1) is 10.9. The van der Waals surface area contributed by atoms with Crippen molar-refractivity contribution in [1.29, 1.82) is 0 Å². The van der Waals surface area contributed by atoms with Crippen LogP contribution in [-0.4, -0.2) is 17.2 Å². The zero-order valence-corrected chi connectivity index (χ0v) is 7.54. The first-order valence-corrected chi connectivity index (χ1v) is 4.04. The second-order valence-corrected chi connectivity index (χ2v) is 2.75. The highest BCUT2D eigenvalue weighted by Gasteiger charge is 2.20. The third-order valence-corrected chi connectivity index (χ3v) is 1.77. The highest BCUT2D eigenvalue weighted by atomic mass is 19.2. The molecule has 0 aliphatic rings. The fourth-order valence-corrected chi connectivity index (χ4v) is 1.09. The lowest BCUT2D eigenvalue weighted by Gasteiger charge is -2.04. The SMILES string of the molecule is CC=Cc1ccc(B(O)O)c(F)c1F. The van der Waals surface area contributed by atoms with Crippen molar-refractivity contribution in [2.24, 2.45) is 0 Å². The van der Waals surface area contributed by atoms with Gasteiger partial charge in [0, 0.05) is 11.0 Å². The van der Waals surface area contributed by atoms with E-state index in [2.05, 4.69) is 0 Å². The van der Waals surface area contributed by atoms with Crippen molar-refractivity contribution >= 4 is 18.7 Å². The van der Waals surface area contributed by atoms with Crippen LogP contribution in [-0.2, 0) is 0 Å². The number of hydrogen-bond acceptors (Lipinski definition) is 2. The van der Waals surface area contributed by atoms with E-state index in [-0.39, 0.29) is 5.56 Å². The van der Waals surface area contributed by atoms with Crippen LogP contribution in [0.5, 0.6) is 0 Å². The number of rotatable bonds is 2. The summed E-state index contributed by atoms with van der Waals surface area (Å²) in [5.74, 6) is -2.30. The largest absolute Gasteiger partial charge is 0.491 e. The van der Waals surface area contributed by atoms with Crippen LogP contribution in [0.25, 0.3) is 6.08 Å². The lowest BCUT2D eigenvalue weighted by atomic mass is 9.79. The molecule has 1 rings (SSSR count). The average molecular weight is 198 g/mol. The summed E-state index contributed by atoms with van der Waals surface area (Å²) in [7, 11) is -2.00. The molecule has 0 saturated carbocycles.